The lowest BCUT2D eigenvalue weighted by atomic mass is 10.1. The molecule has 1 saturated heterocycles. The van der Waals surface area contributed by atoms with Gasteiger partial charge in [0.25, 0.3) is 5.56 Å². The average molecular weight is 413 g/mol. The van der Waals surface area contributed by atoms with Crippen LogP contribution in [0.2, 0.25) is 0 Å². The summed E-state index contributed by atoms with van der Waals surface area (Å²) in [5.74, 6) is 0.891. The average Bonchev–Trinajstić information content (AvgIpc) is 3.12. The molecular weight excluding hydrogens is 384 g/mol. The maximum absolute atomic E-state index is 12.9. The summed E-state index contributed by atoms with van der Waals surface area (Å²) in [4.78, 5) is 34.7. The minimum atomic E-state index is -0.0873. The highest BCUT2D eigenvalue weighted by molar-refractivity contribution is 7.99. The quantitative estimate of drug-likeness (QED) is 0.707. The van der Waals surface area contributed by atoms with E-state index in [0.717, 1.165) is 54.9 Å². The molecule has 1 fully saturated rings. The molecule has 0 spiro atoms. The second-order valence-corrected chi connectivity index (χ2v) is 8.79. The van der Waals surface area contributed by atoms with E-state index in [4.69, 9.17) is 0 Å². The van der Waals surface area contributed by atoms with Gasteiger partial charge in [-0.15, -0.1) is 0 Å². The van der Waals surface area contributed by atoms with Gasteiger partial charge in [0.05, 0.1) is 6.04 Å². The number of benzene rings is 1. The minimum absolute atomic E-state index is 0.0329. The SMILES string of the molecule is CCc1c(C)nc2n(c1=O)C(CC(=O)N1CCN(Cc3ccccc3)CC1)CS2. The number of hydrogen-bond donors (Lipinski definition) is 0. The van der Waals surface area contributed by atoms with Gasteiger partial charge in [-0.3, -0.25) is 19.1 Å². The van der Waals surface area contributed by atoms with Crippen molar-refractivity contribution in [3.8, 4) is 0 Å². The number of fused-ring (bicyclic) bond motifs is 1. The Kier molecular flexibility index (Phi) is 6.06. The number of thioether (sulfide) groups is 1. The summed E-state index contributed by atoms with van der Waals surface area (Å²) in [6, 6.07) is 10.4. The summed E-state index contributed by atoms with van der Waals surface area (Å²) >= 11 is 1.59. The number of aryl methyl sites for hydroxylation is 1. The van der Waals surface area contributed by atoms with Crippen molar-refractivity contribution in [2.45, 2.75) is 44.4 Å². The second kappa shape index (κ2) is 8.71. The third-order valence-corrected chi connectivity index (χ3v) is 6.99. The Morgan fingerprint density at radius 3 is 2.59 bits per heavy atom. The van der Waals surface area contributed by atoms with Gasteiger partial charge in [-0.05, 0) is 18.9 Å². The minimum Gasteiger partial charge on any atom is -0.340 e. The topological polar surface area (TPSA) is 58.4 Å². The van der Waals surface area contributed by atoms with Crippen molar-refractivity contribution >= 4 is 17.7 Å². The molecule has 1 atom stereocenters. The molecule has 7 heteroatoms. The zero-order valence-corrected chi connectivity index (χ0v) is 18.0. The first-order valence-corrected chi connectivity index (χ1v) is 11.3. The standard InChI is InChI=1S/C22H28N4O2S/c1-3-19-16(2)23-22-26(21(19)28)18(15-29-22)13-20(27)25-11-9-24(10-12-25)14-17-7-5-4-6-8-17/h4-8,18H,3,9-15H2,1-2H3. The lowest BCUT2D eigenvalue weighted by Crippen LogP contribution is -2.48. The third kappa shape index (κ3) is 4.26. The number of carbonyl (C=O) groups excluding carboxylic acids is 1. The summed E-state index contributed by atoms with van der Waals surface area (Å²) in [5, 5.41) is 0.759. The number of hydrogen-bond acceptors (Lipinski definition) is 5. The Morgan fingerprint density at radius 1 is 1.17 bits per heavy atom. The van der Waals surface area contributed by atoms with Gasteiger partial charge in [-0.25, -0.2) is 4.98 Å². The van der Waals surface area contributed by atoms with E-state index < -0.39 is 0 Å². The van der Waals surface area contributed by atoms with E-state index in [9.17, 15) is 9.59 Å². The molecule has 2 aromatic rings. The van der Waals surface area contributed by atoms with Crippen LogP contribution in [-0.4, -0.2) is 57.2 Å². The zero-order valence-electron chi connectivity index (χ0n) is 17.1. The first-order valence-electron chi connectivity index (χ1n) is 10.4. The van der Waals surface area contributed by atoms with Crippen LogP contribution < -0.4 is 5.56 Å². The molecule has 154 valence electrons. The highest BCUT2D eigenvalue weighted by Gasteiger charge is 2.31. The van der Waals surface area contributed by atoms with Crippen LogP contribution >= 0.6 is 11.8 Å². The van der Waals surface area contributed by atoms with Crippen LogP contribution in [0.15, 0.2) is 40.3 Å². The van der Waals surface area contributed by atoms with Gasteiger partial charge in [0, 0.05) is 56.2 Å². The molecule has 1 unspecified atom stereocenters. The number of nitrogens with zero attached hydrogens (tertiary/aromatic N) is 4. The predicted molar refractivity (Wildman–Crippen MR) is 115 cm³/mol. The molecule has 4 rings (SSSR count). The van der Waals surface area contributed by atoms with Crippen molar-refractivity contribution in [3.63, 3.8) is 0 Å². The van der Waals surface area contributed by atoms with Crippen LogP contribution in [0.3, 0.4) is 0 Å². The molecule has 1 aromatic heterocycles. The van der Waals surface area contributed by atoms with Crippen LogP contribution in [0.1, 0.15) is 36.2 Å². The molecule has 0 bridgehead atoms. The van der Waals surface area contributed by atoms with Gasteiger partial charge in [0.15, 0.2) is 5.16 Å². The maximum Gasteiger partial charge on any atom is 0.257 e. The molecule has 0 N–H and O–H groups in total. The maximum atomic E-state index is 12.9. The van der Waals surface area contributed by atoms with E-state index in [1.54, 1.807) is 16.3 Å². The highest BCUT2D eigenvalue weighted by Crippen LogP contribution is 2.33. The Morgan fingerprint density at radius 2 is 1.90 bits per heavy atom. The van der Waals surface area contributed by atoms with Gasteiger partial charge < -0.3 is 4.90 Å². The largest absolute Gasteiger partial charge is 0.340 e. The third-order valence-electron chi connectivity index (χ3n) is 5.89. The lowest BCUT2D eigenvalue weighted by molar-refractivity contribution is -0.133. The summed E-state index contributed by atoms with van der Waals surface area (Å²) in [5.41, 5.74) is 2.92. The number of amides is 1. The van der Waals surface area contributed by atoms with Crippen LogP contribution in [0.4, 0.5) is 0 Å². The fourth-order valence-electron chi connectivity index (χ4n) is 4.21. The molecule has 1 amide bonds. The summed E-state index contributed by atoms with van der Waals surface area (Å²) < 4.78 is 1.76. The highest BCUT2D eigenvalue weighted by atomic mass is 32.2. The molecule has 1 aromatic carbocycles. The normalized spacial score (nSPS) is 19.4. The van der Waals surface area contributed by atoms with Crippen molar-refractivity contribution in [3.05, 3.63) is 57.5 Å². The smallest absolute Gasteiger partial charge is 0.257 e. The molecule has 2 aliphatic heterocycles. The fourth-order valence-corrected chi connectivity index (χ4v) is 5.39. The number of piperazine rings is 1. The molecule has 0 radical (unpaired) electrons. The van der Waals surface area contributed by atoms with Crippen LogP contribution in [-0.2, 0) is 17.8 Å². The van der Waals surface area contributed by atoms with Crippen molar-refractivity contribution < 1.29 is 4.79 Å². The molecule has 2 aliphatic rings. The Labute approximate surface area is 175 Å². The molecule has 0 saturated carbocycles. The lowest BCUT2D eigenvalue weighted by Gasteiger charge is -2.35. The Bertz CT molecular complexity index is 936. The zero-order chi connectivity index (χ0) is 20.4. The van der Waals surface area contributed by atoms with Crippen molar-refractivity contribution in [1.29, 1.82) is 0 Å². The van der Waals surface area contributed by atoms with Crippen molar-refractivity contribution in [2.75, 3.05) is 31.9 Å². The second-order valence-electron chi connectivity index (χ2n) is 7.80. The predicted octanol–water partition coefficient (Wildman–Crippen LogP) is 2.50. The Balaban J connectivity index is 1.37. The van der Waals surface area contributed by atoms with Crippen LogP contribution in [0, 0.1) is 6.92 Å². The molecule has 6 nitrogen and oxygen atoms in total. The Hall–Kier alpha value is -2.12. The van der Waals surface area contributed by atoms with E-state index in [0.29, 0.717) is 12.8 Å². The van der Waals surface area contributed by atoms with Gasteiger partial charge in [-0.2, -0.15) is 0 Å². The molecule has 29 heavy (non-hydrogen) atoms. The summed E-state index contributed by atoms with van der Waals surface area (Å²) in [7, 11) is 0. The fraction of sp³-hybridized carbons (Fsp3) is 0.500. The number of carbonyl (C=O) groups is 1. The summed E-state index contributed by atoms with van der Waals surface area (Å²) in [6.07, 6.45) is 1.05. The van der Waals surface area contributed by atoms with Gasteiger partial charge in [-0.1, -0.05) is 49.0 Å². The first-order chi connectivity index (χ1) is 14.1. The monoisotopic (exact) mass is 412 g/mol. The van der Waals surface area contributed by atoms with Crippen molar-refractivity contribution in [2.24, 2.45) is 0 Å². The van der Waals surface area contributed by atoms with E-state index in [1.165, 1.54) is 5.56 Å². The van der Waals surface area contributed by atoms with Gasteiger partial charge in [0.2, 0.25) is 5.91 Å². The van der Waals surface area contributed by atoms with E-state index in [-0.39, 0.29) is 17.5 Å². The van der Waals surface area contributed by atoms with Crippen LogP contribution in [0.25, 0.3) is 0 Å². The van der Waals surface area contributed by atoms with Crippen LogP contribution in [0.5, 0.6) is 0 Å². The van der Waals surface area contributed by atoms with Gasteiger partial charge >= 0.3 is 0 Å². The van der Waals surface area contributed by atoms with E-state index in [2.05, 4.69) is 34.1 Å². The van der Waals surface area contributed by atoms with E-state index in [1.807, 2.05) is 24.8 Å². The molecular formula is C22H28N4O2S. The van der Waals surface area contributed by atoms with E-state index >= 15 is 0 Å². The van der Waals surface area contributed by atoms with Crippen molar-refractivity contribution in [1.82, 2.24) is 19.4 Å². The molecule has 3 heterocycles. The first kappa shape index (κ1) is 20.2. The number of rotatable bonds is 5. The van der Waals surface area contributed by atoms with Gasteiger partial charge in [0.1, 0.15) is 0 Å². The molecule has 0 aliphatic carbocycles. The number of aromatic nitrogens is 2. The summed E-state index contributed by atoms with van der Waals surface area (Å²) in [6.45, 7) is 8.08.